The highest BCUT2D eigenvalue weighted by atomic mass is 32.1. The van der Waals surface area contributed by atoms with Gasteiger partial charge < -0.3 is 10.1 Å². The Morgan fingerprint density at radius 2 is 2.04 bits per heavy atom. The number of amides is 1. The molecule has 0 radical (unpaired) electrons. The molecule has 0 bridgehead atoms. The lowest BCUT2D eigenvalue weighted by Gasteiger charge is -2.18. The fourth-order valence-electron chi connectivity index (χ4n) is 3.53. The fraction of sp³-hybridized carbons (Fsp3) is 0.455. The number of nitrogens with one attached hydrogen (secondary N) is 1. The number of fused-ring (bicyclic) bond motifs is 1. The normalized spacial score (nSPS) is 15.9. The van der Waals surface area contributed by atoms with E-state index in [-0.39, 0.29) is 11.9 Å². The van der Waals surface area contributed by atoms with Crippen molar-refractivity contribution in [2.75, 3.05) is 11.9 Å². The molecule has 0 fully saturated rings. The third kappa shape index (κ3) is 4.41. The molecule has 1 aliphatic carbocycles. The number of carbonyl (C=O) groups is 2. The first-order chi connectivity index (χ1) is 12.9. The number of esters is 1. The van der Waals surface area contributed by atoms with Crippen LogP contribution in [0.3, 0.4) is 0 Å². The molecule has 1 aromatic carbocycles. The van der Waals surface area contributed by atoms with Gasteiger partial charge in [0.2, 0.25) is 5.91 Å². The number of thiophene rings is 1. The van der Waals surface area contributed by atoms with Crippen molar-refractivity contribution in [3.8, 4) is 0 Å². The van der Waals surface area contributed by atoms with E-state index in [0.717, 1.165) is 30.4 Å². The minimum Gasteiger partial charge on any atom is -0.462 e. The Balaban J connectivity index is 1.83. The molecular weight excluding hydrogens is 358 g/mol. The van der Waals surface area contributed by atoms with Crippen LogP contribution < -0.4 is 5.32 Å². The zero-order chi connectivity index (χ0) is 19.6. The van der Waals surface area contributed by atoms with Crippen LogP contribution in [0.5, 0.6) is 0 Å². The van der Waals surface area contributed by atoms with Crippen LogP contribution >= 0.6 is 11.3 Å². The molecule has 0 spiro atoms. The standard InChI is InChI=1S/C22H27NO3S/c1-5-26-22(25)20-17-9-6-13(2)10-18(17)27-21(20)23-19(24)12-16-8-7-14(3)15(4)11-16/h7-8,11,13H,5-6,9-10,12H2,1-4H3,(H,23,24). The van der Waals surface area contributed by atoms with E-state index in [4.69, 9.17) is 4.74 Å². The van der Waals surface area contributed by atoms with E-state index in [0.29, 0.717) is 29.5 Å². The average molecular weight is 386 g/mol. The largest absolute Gasteiger partial charge is 0.462 e. The summed E-state index contributed by atoms with van der Waals surface area (Å²) in [5, 5.41) is 3.62. The van der Waals surface area contributed by atoms with Crippen molar-refractivity contribution in [2.24, 2.45) is 5.92 Å². The van der Waals surface area contributed by atoms with Crippen LogP contribution in [0.4, 0.5) is 5.00 Å². The maximum absolute atomic E-state index is 12.6. The van der Waals surface area contributed by atoms with E-state index >= 15 is 0 Å². The maximum Gasteiger partial charge on any atom is 0.341 e. The molecule has 1 amide bonds. The van der Waals surface area contributed by atoms with E-state index in [1.807, 2.05) is 25.1 Å². The predicted molar refractivity (Wildman–Crippen MR) is 110 cm³/mol. The molecule has 4 nitrogen and oxygen atoms in total. The second-order valence-electron chi connectivity index (χ2n) is 7.42. The van der Waals surface area contributed by atoms with Crippen molar-refractivity contribution in [2.45, 2.75) is 53.4 Å². The Morgan fingerprint density at radius 3 is 2.74 bits per heavy atom. The highest BCUT2D eigenvalue weighted by Crippen LogP contribution is 2.40. The van der Waals surface area contributed by atoms with Crippen molar-refractivity contribution in [1.82, 2.24) is 0 Å². The predicted octanol–water partition coefficient (Wildman–Crippen LogP) is 4.85. The van der Waals surface area contributed by atoms with Crippen LogP contribution in [0.1, 0.15) is 57.8 Å². The lowest BCUT2D eigenvalue weighted by atomic mass is 9.88. The molecule has 0 saturated carbocycles. The molecule has 3 rings (SSSR count). The molecule has 5 heteroatoms. The molecule has 27 heavy (non-hydrogen) atoms. The summed E-state index contributed by atoms with van der Waals surface area (Å²) >= 11 is 1.53. The molecule has 144 valence electrons. The molecule has 0 aliphatic heterocycles. The molecule has 1 unspecified atom stereocenters. The van der Waals surface area contributed by atoms with Crippen molar-refractivity contribution in [3.63, 3.8) is 0 Å². The second kappa shape index (κ2) is 8.26. The summed E-state index contributed by atoms with van der Waals surface area (Å²) in [6.07, 6.45) is 3.18. The van der Waals surface area contributed by atoms with E-state index < -0.39 is 0 Å². The summed E-state index contributed by atoms with van der Waals surface area (Å²) in [7, 11) is 0. The molecular formula is C22H27NO3S. The first-order valence-corrected chi connectivity index (χ1v) is 10.4. The van der Waals surface area contributed by atoms with Gasteiger partial charge in [0.1, 0.15) is 5.00 Å². The number of hydrogen-bond donors (Lipinski definition) is 1. The molecule has 1 atom stereocenters. The summed E-state index contributed by atoms with van der Waals surface area (Å²) in [6, 6.07) is 6.06. The summed E-state index contributed by atoms with van der Waals surface area (Å²) in [5.74, 6) is 0.173. The Kier molecular flexibility index (Phi) is 6.00. The number of ether oxygens (including phenoxy) is 1. The summed E-state index contributed by atoms with van der Waals surface area (Å²) < 4.78 is 5.27. The van der Waals surface area contributed by atoms with Gasteiger partial charge in [-0.25, -0.2) is 4.79 Å². The Hall–Kier alpha value is -2.14. The monoisotopic (exact) mass is 385 g/mol. The van der Waals surface area contributed by atoms with Crippen LogP contribution in [0.2, 0.25) is 0 Å². The molecule has 1 aliphatic rings. The number of aryl methyl sites for hydroxylation is 2. The van der Waals surface area contributed by atoms with Crippen molar-refractivity contribution >= 4 is 28.2 Å². The summed E-state index contributed by atoms with van der Waals surface area (Å²) in [5.41, 5.74) is 5.00. The maximum atomic E-state index is 12.6. The van der Waals surface area contributed by atoms with E-state index in [1.165, 1.54) is 27.3 Å². The SMILES string of the molecule is CCOC(=O)c1c(NC(=O)Cc2ccc(C)c(C)c2)sc2c1CCC(C)C2. The van der Waals surface area contributed by atoms with Crippen LogP contribution in [-0.2, 0) is 28.8 Å². The Labute approximate surface area is 164 Å². The minimum atomic E-state index is -0.328. The van der Waals surface area contributed by atoms with Crippen LogP contribution in [-0.4, -0.2) is 18.5 Å². The Bertz CT molecular complexity index is 869. The van der Waals surface area contributed by atoms with Gasteiger partial charge in [-0.05, 0) is 68.2 Å². The van der Waals surface area contributed by atoms with Gasteiger partial charge in [-0.2, -0.15) is 0 Å². The van der Waals surface area contributed by atoms with Gasteiger partial charge in [-0.3, -0.25) is 4.79 Å². The van der Waals surface area contributed by atoms with E-state index in [2.05, 4.69) is 19.2 Å². The number of benzene rings is 1. The molecule has 2 aromatic rings. The van der Waals surface area contributed by atoms with E-state index in [1.54, 1.807) is 6.92 Å². The molecule has 0 saturated heterocycles. The second-order valence-corrected chi connectivity index (χ2v) is 8.53. The van der Waals surface area contributed by atoms with Gasteiger partial charge in [0, 0.05) is 4.88 Å². The molecule has 1 aromatic heterocycles. The smallest absolute Gasteiger partial charge is 0.341 e. The molecule has 1 N–H and O–H groups in total. The fourth-order valence-corrected chi connectivity index (χ4v) is 4.94. The van der Waals surface area contributed by atoms with Gasteiger partial charge in [0.15, 0.2) is 0 Å². The van der Waals surface area contributed by atoms with Crippen molar-refractivity contribution in [3.05, 3.63) is 50.9 Å². The summed E-state index contributed by atoms with van der Waals surface area (Å²) in [6.45, 7) is 8.46. The third-order valence-electron chi connectivity index (χ3n) is 5.18. The molecule has 1 heterocycles. The van der Waals surface area contributed by atoms with Gasteiger partial charge in [0.25, 0.3) is 0 Å². The lowest BCUT2D eigenvalue weighted by Crippen LogP contribution is -2.18. The van der Waals surface area contributed by atoms with E-state index in [9.17, 15) is 9.59 Å². The lowest BCUT2D eigenvalue weighted by molar-refractivity contribution is -0.115. The zero-order valence-corrected chi connectivity index (χ0v) is 17.3. The highest BCUT2D eigenvalue weighted by Gasteiger charge is 2.29. The third-order valence-corrected chi connectivity index (χ3v) is 6.35. The number of carbonyl (C=O) groups excluding carboxylic acids is 2. The first-order valence-electron chi connectivity index (χ1n) is 9.56. The topological polar surface area (TPSA) is 55.4 Å². The minimum absolute atomic E-state index is 0.101. The van der Waals surface area contributed by atoms with Crippen molar-refractivity contribution in [1.29, 1.82) is 0 Å². The first kappa shape index (κ1) is 19.6. The van der Waals surface area contributed by atoms with Crippen LogP contribution in [0.25, 0.3) is 0 Å². The van der Waals surface area contributed by atoms with Crippen LogP contribution in [0.15, 0.2) is 18.2 Å². The highest BCUT2D eigenvalue weighted by molar-refractivity contribution is 7.17. The number of anilines is 1. The average Bonchev–Trinajstić information content (AvgIpc) is 2.95. The van der Waals surface area contributed by atoms with Gasteiger partial charge in [0.05, 0.1) is 18.6 Å². The van der Waals surface area contributed by atoms with Gasteiger partial charge in [-0.1, -0.05) is 25.1 Å². The summed E-state index contributed by atoms with van der Waals surface area (Å²) in [4.78, 5) is 26.4. The number of rotatable bonds is 5. The zero-order valence-electron chi connectivity index (χ0n) is 16.5. The number of hydrogen-bond acceptors (Lipinski definition) is 4. The Morgan fingerprint density at radius 1 is 1.26 bits per heavy atom. The van der Waals surface area contributed by atoms with Gasteiger partial charge >= 0.3 is 5.97 Å². The van der Waals surface area contributed by atoms with Crippen LogP contribution in [0, 0.1) is 19.8 Å². The quantitative estimate of drug-likeness (QED) is 0.749. The van der Waals surface area contributed by atoms with Gasteiger partial charge in [-0.15, -0.1) is 11.3 Å². The van der Waals surface area contributed by atoms with Crippen molar-refractivity contribution < 1.29 is 14.3 Å².